The fourth-order valence-corrected chi connectivity index (χ4v) is 2.01. The predicted molar refractivity (Wildman–Crippen MR) is 71.6 cm³/mol. The molecule has 0 spiro atoms. The minimum Gasteiger partial charge on any atom is -0.324 e. The van der Waals surface area contributed by atoms with E-state index in [0.29, 0.717) is 0 Å². The maximum atomic E-state index is 6.09. The van der Waals surface area contributed by atoms with Gasteiger partial charge in [-0.1, -0.05) is 51.9 Å². The number of hydrogen-bond donors (Lipinski definition) is 1. The van der Waals surface area contributed by atoms with Gasteiger partial charge >= 0.3 is 0 Å². The van der Waals surface area contributed by atoms with E-state index in [1.54, 1.807) is 12.4 Å². The third-order valence-electron chi connectivity index (χ3n) is 3.15. The van der Waals surface area contributed by atoms with Crippen LogP contribution in [0.3, 0.4) is 0 Å². The molecule has 0 aromatic carbocycles. The van der Waals surface area contributed by atoms with Crippen LogP contribution in [0, 0.1) is 0 Å². The largest absolute Gasteiger partial charge is 0.324 e. The number of rotatable bonds is 9. The molecule has 96 valence electrons. The van der Waals surface area contributed by atoms with E-state index in [2.05, 4.69) is 17.1 Å². The Kier molecular flexibility index (Phi) is 7.56. The van der Waals surface area contributed by atoms with Gasteiger partial charge in [-0.15, -0.1) is 0 Å². The van der Waals surface area contributed by atoms with E-state index in [0.717, 1.165) is 12.0 Å². The molecule has 1 rings (SSSR count). The number of nitrogens with two attached hydrogens (primary N) is 1. The van der Waals surface area contributed by atoms with Crippen LogP contribution < -0.4 is 5.73 Å². The number of nitrogens with zero attached hydrogens (tertiary/aromatic N) is 2. The lowest BCUT2D eigenvalue weighted by atomic mass is 10.0. The van der Waals surface area contributed by atoms with E-state index in [1.165, 1.54) is 44.9 Å². The maximum absolute atomic E-state index is 6.09. The number of aromatic nitrogens is 2. The Morgan fingerprint density at radius 2 is 1.76 bits per heavy atom. The molecular weight excluding hydrogens is 210 g/mol. The fraction of sp³-hybridized carbons (Fsp3) is 0.714. The summed E-state index contributed by atoms with van der Waals surface area (Å²) in [7, 11) is 0. The van der Waals surface area contributed by atoms with Crippen LogP contribution in [0.15, 0.2) is 18.5 Å². The van der Waals surface area contributed by atoms with Gasteiger partial charge in [-0.3, -0.25) is 0 Å². The molecule has 0 fully saturated rings. The Balaban J connectivity index is 2.03. The first-order chi connectivity index (χ1) is 8.34. The van der Waals surface area contributed by atoms with Gasteiger partial charge in [-0.05, 0) is 18.1 Å². The molecular formula is C14H25N3. The predicted octanol–water partition coefficient (Wildman–Crippen LogP) is 3.62. The second-order valence-electron chi connectivity index (χ2n) is 4.69. The summed E-state index contributed by atoms with van der Waals surface area (Å²) in [6, 6.07) is 2.08. The van der Waals surface area contributed by atoms with Crippen LogP contribution in [0.25, 0.3) is 0 Å². The third kappa shape index (κ3) is 6.37. The Hall–Kier alpha value is -0.960. The minimum atomic E-state index is 0.126. The molecule has 1 atom stereocenters. The second-order valence-corrected chi connectivity index (χ2v) is 4.69. The molecule has 1 aromatic rings. The molecule has 0 aliphatic heterocycles. The molecule has 1 unspecified atom stereocenters. The van der Waals surface area contributed by atoms with Crippen LogP contribution in [0.4, 0.5) is 0 Å². The molecule has 3 nitrogen and oxygen atoms in total. The van der Waals surface area contributed by atoms with E-state index in [-0.39, 0.29) is 6.04 Å². The van der Waals surface area contributed by atoms with Gasteiger partial charge in [0, 0.05) is 12.2 Å². The smallest absolute Gasteiger partial charge is 0.0543 e. The van der Waals surface area contributed by atoms with E-state index >= 15 is 0 Å². The summed E-state index contributed by atoms with van der Waals surface area (Å²) in [4.78, 5) is 0. The van der Waals surface area contributed by atoms with Crippen LogP contribution >= 0.6 is 0 Å². The highest BCUT2D eigenvalue weighted by Crippen LogP contribution is 2.16. The average Bonchev–Trinajstić information content (AvgIpc) is 2.38. The van der Waals surface area contributed by atoms with Crippen molar-refractivity contribution in [2.75, 3.05) is 0 Å². The molecule has 0 amide bonds. The summed E-state index contributed by atoms with van der Waals surface area (Å²) in [6.07, 6.45) is 13.9. The zero-order valence-electron chi connectivity index (χ0n) is 10.9. The van der Waals surface area contributed by atoms with Crippen molar-refractivity contribution in [2.45, 2.75) is 64.3 Å². The lowest BCUT2D eigenvalue weighted by molar-refractivity contribution is 0.540. The van der Waals surface area contributed by atoms with Gasteiger partial charge in [0.15, 0.2) is 0 Å². The van der Waals surface area contributed by atoms with Crippen molar-refractivity contribution < 1.29 is 0 Å². The first kappa shape index (κ1) is 14.1. The van der Waals surface area contributed by atoms with Crippen LogP contribution in [-0.4, -0.2) is 10.2 Å². The monoisotopic (exact) mass is 235 g/mol. The standard InChI is InChI=1S/C14H25N3/c1-2-3-4-5-6-7-8-9-14(15)13-10-11-16-17-12-13/h10-12,14H,2-9,15H2,1H3. The maximum Gasteiger partial charge on any atom is 0.0543 e. The van der Waals surface area contributed by atoms with Gasteiger partial charge in [-0.25, -0.2) is 0 Å². The molecule has 0 bridgehead atoms. The first-order valence-corrected chi connectivity index (χ1v) is 6.86. The second kappa shape index (κ2) is 9.11. The van der Waals surface area contributed by atoms with Crippen molar-refractivity contribution in [1.29, 1.82) is 0 Å². The normalized spacial score (nSPS) is 12.6. The first-order valence-electron chi connectivity index (χ1n) is 6.86. The fourth-order valence-electron chi connectivity index (χ4n) is 2.01. The van der Waals surface area contributed by atoms with Gasteiger partial charge in [0.25, 0.3) is 0 Å². The lowest BCUT2D eigenvalue weighted by Crippen LogP contribution is -2.10. The van der Waals surface area contributed by atoms with E-state index < -0.39 is 0 Å². The summed E-state index contributed by atoms with van der Waals surface area (Å²) in [5.41, 5.74) is 7.19. The van der Waals surface area contributed by atoms with Crippen molar-refractivity contribution in [1.82, 2.24) is 10.2 Å². The molecule has 3 heteroatoms. The van der Waals surface area contributed by atoms with Gasteiger partial charge in [0.2, 0.25) is 0 Å². The molecule has 2 N–H and O–H groups in total. The zero-order chi connectivity index (χ0) is 12.3. The lowest BCUT2D eigenvalue weighted by Gasteiger charge is -2.10. The quantitative estimate of drug-likeness (QED) is 0.665. The van der Waals surface area contributed by atoms with Gasteiger partial charge in [0.1, 0.15) is 0 Å². The topological polar surface area (TPSA) is 51.8 Å². The Morgan fingerprint density at radius 1 is 1.06 bits per heavy atom. The molecule has 17 heavy (non-hydrogen) atoms. The van der Waals surface area contributed by atoms with Crippen LogP contribution in [0.2, 0.25) is 0 Å². The van der Waals surface area contributed by atoms with Crippen molar-refractivity contribution in [2.24, 2.45) is 5.73 Å². The molecule has 0 saturated heterocycles. The number of hydrogen-bond acceptors (Lipinski definition) is 3. The third-order valence-corrected chi connectivity index (χ3v) is 3.15. The SMILES string of the molecule is CCCCCCCCCC(N)c1ccnnc1. The van der Waals surface area contributed by atoms with Crippen molar-refractivity contribution in [3.63, 3.8) is 0 Å². The van der Waals surface area contributed by atoms with Crippen molar-refractivity contribution in [3.05, 3.63) is 24.0 Å². The van der Waals surface area contributed by atoms with Crippen LogP contribution in [-0.2, 0) is 0 Å². The summed E-state index contributed by atoms with van der Waals surface area (Å²) >= 11 is 0. The molecule has 0 aliphatic rings. The Labute approximate surface area is 105 Å². The molecule has 1 heterocycles. The summed E-state index contributed by atoms with van der Waals surface area (Å²) in [5.74, 6) is 0. The van der Waals surface area contributed by atoms with E-state index in [4.69, 9.17) is 5.73 Å². The number of unbranched alkanes of at least 4 members (excludes halogenated alkanes) is 6. The summed E-state index contributed by atoms with van der Waals surface area (Å²) < 4.78 is 0. The van der Waals surface area contributed by atoms with Crippen LogP contribution in [0.1, 0.15) is 69.9 Å². The minimum absolute atomic E-state index is 0.126. The molecule has 1 aromatic heterocycles. The Morgan fingerprint density at radius 3 is 2.41 bits per heavy atom. The van der Waals surface area contributed by atoms with E-state index in [1.807, 2.05) is 6.07 Å². The summed E-state index contributed by atoms with van der Waals surface area (Å²) in [5, 5.41) is 7.61. The summed E-state index contributed by atoms with van der Waals surface area (Å²) in [6.45, 7) is 2.25. The molecule has 0 radical (unpaired) electrons. The van der Waals surface area contributed by atoms with Gasteiger partial charge in [0.05, 0.1) is 6.20 Å². The highest BCUT2D eigenvalue weighted by Gasteiger charge is 2.05. The van der Waals surface area contributed by atoms with Gasteiger partial charge in [-0.2, -0.15) is 10.2 Å². The highest BCUT2D eigenvalue weighted by atomic mass is 15.1. The van der Waals surface area contributed by atoms with Crippen molar-refractivity contribution in [3.8, 4) is 0 Å². The van der Waals surface area contributed by atoms with Gasteiger partial charge < -0.3 is 5.73 Å². The molecule has 0 aliphatic carbocycles. The van der Waals surface area contributed by atoms with Crippen molar-refractivity contribution >= 4 is 0 Å². The molecule has 0 saturated carbocycles. The van der Waals surface area contributed by atoms with Crippen LogP contribution in [0.5, 0.6) is 0 Å². The highest BCUT2D eigenvalue weighted by molar-refractivity contribution is 5.10. The Bertz CT molecular complexity index is 274. The average molecular weight is 235 g/mol. The van der Waals surface area contributed by atoms with E-state index in [9.17, 15) is 0 Å². The zero-order valence-corrected chi connectivity index (χ0v) is 10.9.